The SMILES string of the molecule is COc1cc(C)nc(-n2cc([N+](=O)[O-])cn2)n1. The molecule has 0 N–H and O–H groups in total. The van der Waals surface area contributed by atoms with Gasteiger partial charge in [0.05, 0.1) is 12.0 Å². The van der Waals surface area contributed by atoms with Gasteiger partial charge in [-0.2, -0.15) is 14.8 Å². The third kappa shape index (κ3) is 2.19. The average molecular weight is 235 g/mol. The third-order valence-electron chi connectivity index (χ3n) is 2.01. The first-order valence-electron chi connectivity index (χ1n) is 4.69. The van der Waals surface area contributed by atoms with Gasteiger partial charge in [0, 0.05) is 11.8 Å². The Morgan fingerprint density at radius 3 is 2.82 bits per heavy atom. The standard InChI is InChI=1S/C9H9N5O3/c1-6-3-8(17-2)12-9(11-6)13-5-7(4-10-13)14(15)16/h3-5H,1-2H3. The molecule has 2 aromatic rings. The molecule has 0 unspecified atom stereocenters. The van der Waals surface area contributed by atoms with Crippen molar-refractivity contribution in [2.45, 2.75) is 6.92 Å². The smallest absolute Gasteiger partial charge is 0.307 e. The molecule has 0 amide bonds. The van der Waals surface area contributed by atoms with Crippen LogP contribution in [0.4, 0.5) is 5.69 Å². The van der Waals surface area contributed by atoms with E-state index in [0.29, 0.717) is 11.6 Å². The number of hydrogen-bond donors (Lipinski definition) is 0. The number of aromatic nitrogens is 4. The van der Waals surface area contributed by atoms with E-state index in [9.17, 15) is 10.1 Å². The summed E-state index contributed by atoms with van der Waals surface area (Å²) in [5.74, 6) is 0.612. The summed E-state index contributed by atoms with van der Waals surface area (Å²) >= 11 is 0. The van der Waals surface area contributed by atoms with Gasteiger partial charge in [-0.1, -0.05) is 0 Å². The molecule has 0 spiro atoms. The molecule has 17 heavy (non-hydrogen) atoms. The van der Waals surface area contributed by atoms with Gasteiger partial charge in [-0.15, -0.1) is 0 Å². The summed E-state index contributed by atoms with van der Waals surface area (Å²) in [7, 11) is 1.48. The topological polar surface area (TPSA) is 96.0 Å². The lowest BCUT2D eigenvalue weighted by molar-refractivity contribution is -0.384. The van der Waals surface area contributed by atoms with Crippen molar-refractivity contribution in [3.8, 4) is 11.8 Å². The molecule has 0 aromatic carbocycles. The van der Waals surface area contributed by atoms with Crippen molar-refractivity contribution in [2.75, 3.05) is 7.11 Å². The van der Waals surface area contributed by atoms with Crippen LogP contribution in [0.3, 0.4) is 0 Å². The van der Waals surface area contributed by atoms with Crippen LogP contribution in [0.1, 0.15) is 5.69 Å². The van der Waals surface area contributed by atoms with Crippen molar-refractivity contribution in [3.05, 3.63) is 34.3 Å². The Hall–Kier alpha value is -2.51. The second-order valence-electron chi connectivity index (χ2n) is 3.25. The molecule has 0 aliphatic carbocycles. The number of rotatable bonds is 3. The lowest BCUT2D eigenvalue weighted by Crippen LogP contribution is -2.04. The van der Waals surface area contributed by atoms with Gasteiger partial charge in [0.15, 0.2) is 0 Å². The molecule has 0 aliphatic heterocycles. The highest BCUT2D eigenvalue weighted by atomic mass is 16.6. The predicted octanol–water partition coefficient (Wildman–Crippen LogP) is 0.888. The largest absolute Gasteiger partial charge is 0.481 e. The van der Waals surface area contributed by atoms with E-state index < -0.39 is 4.92 Å². The summed E-state index contributed by atoms with van der Waals surface area (Å²) in [6.45, 7) is 1.77. The molecule has 8 heteroatoms. The Bertz CT molecular complexity index is 566. The molecule has 0 saturated carbocycles. The maximum atomic E-state index is 10.5. The highest BCUT2D eigenvalue weighted by Gasteiger charge is 2.12. The number of ether oxygens (including phenoxy) is 1. The Labute approximate surface area is 96.0 Å². The van der Waals surface area contributed by atoms with E-state index >= 15 is 0 Å². The van der Waals surface area contributed by atoms with Crippen molar-refractivity contribution < 1.29 is 9.66 Å². The molecule has 0 saturated heterocycles. The fourth-order valence-electron chi connectivity index (χ4n) is 1.25. The Morgan fingerprint density at radius 2 is 2.24 bits per heavy atom. The fraction of sp³-hybridized carbons (Fsp3) is 0.222. The van der Waals surface area contributed by atoms with Crippen LogP contribution < -0.4 is 4.74 Å². The summed E-state index contributed by atoms with van der Waals surface area (Å²) in [5.41, 5.74) is 0.569. The lowest BCUT2D eigenvalue weighted by atomic mass is 10.4. The van der Waals surface area contributed by atoms with Crippen LogP contribution in [0.15, 0.2) is 18.5 Å². The highest BCUT2D eigenvalue weighted by Crippen LogP contribution is 2.14. The molecule has 88 valence electrons. The molecule has 8 nitrogen and oxygen atoms in total. The second kappa shape index (κ2) is 4.16. The summed E-state index contributed by atoms with van der Waals surface area (Å²) in [6, 6.07) is 1.65. The van der Waals surface area contributed by atoms with E-state index in [4.69, 9.17) is 4.74 Å². The molecule has 0 fully saturated rings. The lowest BCUT2D eigenvalue weighted by Gasteiger charge is -2.03. The fourth-order valence-corrected chi connectivity index (χ4v) is 1.25. The van der Waals surface area contributed by atoms with Crippen LogP contribution in [-0.4, -0.2) is 31.8 Å². The van der Waals surface area contributed by atoms with Gasteiger partial charge in [0.2, 0.25) is 5.88 Å². The Balaban J connectivity index is 2.44. The molecule has 0 aliphatic rings. The van der Waals surface area contributed by atoms with Gasteiger partial charge < -0.3 is 4.74 Å². The number of nitrogens with zero attached hydrogens (tertiary/aromatic N) is 5. The maximum Gasteiger partial charge on any atom is 0.307 e. The molecule has 2 aromatic heterocycles. The van der Waals surface area contributed by atoms with E-state index in [2.05, 4.69) is 15.1 Å². The zero-order chi connectivity index (χ0) is 12.4. The van der Waals surface area contributed by atoms with Gasteiger partial charge in [-0.25, -0.2) is 4.98 Å². The molecule has 0 atom stereocenters. The summed E-state index contributed by atoms with van der Waals surface area (Å²) in [5, 5.41) is 14.3. The summed E-state index contributed by atoms with van der Waals surface area (Å²) in [4.78, 5) is 18.1. The summed E-state index contributed by atoms with van der Waals surface area (Å²) < 4.78 is 6.22. The highest BCUT2D eigenvalue weighted by molar-refractivity contribution is 5.27. The first kappa shape index (κ1) is 11.0. The molecule has 0 bridgehead atoms. The van der Waals surface area contributed by atoms with Gasteiger partial charge in [-0.05, 0) is 6.92 Å². The van der Waals surface area contributed by atoms with Crippen LogP contribution in [-0.2, 0) is 0 Å². The molecule has 2 heterocycles. The predicted molar refractivity (Wildman–Crippen MR) is 57.1 cm³/mol. The van der Waals surface area contributed by atoms with E-state index in [1.807, 2.05) is 0 Å². The third-order valence-corrected chi connectivity index (χ3v) is 2.01. The van der Waals surface area contributed by atoms with Crippen LogP contribution in [0.5, 0.6) is 5.88 Å². The molecular formula is C9H9N5O3. The van der Waals surface area contributed by atoms with Crippen LogP contribution in [0, 0.1) is 17.0 Å². The van der Waals surface area contributed by atoms with E-state index in [-0.39, 0.29) is 11.6 Å². The average Bonchev–Trinajstić information content (AvgIpc) is 2.77. The number of methoxy groups -OCH3 is 1. The van der Waals surface area contributed by atoms with Crippen LogP contribution in [0.2, 0.25) is 0 Å². The maximum absolute atomic E-state index is 10.5. The van der Waals surface area contributed by atoms with Gasteiger partial charge in [0.25, 0.3) is 5.95 Å². The monoisotopic (exact) mass is 235 g/mol. The minimum Gasteiger partial charge on any atom is -0.481 e. The van der Waals surface area contributed by atoms with Gasteiger partial charge in [-0.3, -0.25) is 10.1 Å². The van der Waals surface area contributed by atoms with Crippen molar-refractivity contribution in [1.82, 2.24) is 19.7 Å². The van der Waals surface area contributed by atoms with E-state index in [1.165, 1.54) is 18.0 Å². The Morgan fingerprint density at radius 1 is 1.47 bits per heavy atom. The van der Waals surface area contributed by atoms with Crippen molar-refractivity contribution >= 4 is 5.69 Å². The van der Waals surface area contributed by atoms with Crippen molar-refractivity contribution in [2.24, 2.45) is 0 Å². The van der Waals surface area contributed by atoms with Gasteiger partial charge in [0.1, 0.15) is 12.4 Å². The van der Waals surface area contributed by atoms with E-state index in [1.54, 1.807) is 13.0 Å². The molecule has 0 radical (unpaired) electrons. The normalized spacial score (nSPS) is 10.2. The number of aryl methyl sites for hydroxylation is 1. The first-order valence-corrected chi connectivity index (χ1v) is 4.69. The number of hydrogen-bond acceptors (Lipinski definition) is 6. The minimum absolute atomic E-state index is 0.117. The van der Waals surface area contributed by atoms with Crippen molar-refractivity contribution in [3.63, 3.8) is 0 Å². The minimum atomic E-state index is -0.531. The van der Waals surface area contributed by atoms with E-state index in [0.717, 1.165) is 6.20 Å². The zero-order valence-electron chi connectivity index (χ0n) is 9.19. The second-order valence-corrected chi connectivity index (χ2v) is 3.25. The van der Waals surface area contributed by atoms with Crippen LogP contribution >= 0.6 is 0 Å². The zero-order valence-corrected chi connectivity index (χ0v) is 9.19. The van der Waals surface area contributed by atoms with Crippen LogP contribution in [0.25, 0.3) is 5.95 Å². The number of nitro groups is 1. The molecule has 2 rings (SSSR count). The van der Waals surface area contributed by atoms with Gasteiger partial charge >= 0.3 is 5.69 Å². The summed E-state index contributed by atoms with van der Waals surface area (Å²) in [6.07, 6.45) is 2.38. The molecular weight excluding hydrogens is 226 g/mol. The Kier molecular flexibility index (Phi) is 2.69. The quantitative estimate of drug-likeness (QED) is 0.579. The van der Waals surface area contributed by atoms with Crippen molar-refractivity contribution in [1.29, 1.82) is 0 Å². The first-order chi connectivity index (χ1) is 8.10.